The standard InChI is InChI=1S/C27H35N5O2S2/c1-27(2,3)36-25-7-5-4-6-23(25)19-32-14-12-31(13-15-32)16-17-34-26(33)28-18-21-8-10-22(11-9-21)24-20-35-30-29-24/h4-11,20H,12-19H2,1-3H3,(H,28,33). The molecule has 0 radical (unpaired) electrons. The molecule has 1 N–H and O–H groups in total. The van der Waals surface area contributed by atoms with Crippen molar-refractivity contribution in [2.75, 3.05) is 39.3 Å². The minimum Gasteiger partial charge on any atom is -0.448 e. The van der Waals surface area contributed by atoms with Crippen LogP contribution in [0.15, 0.2) is 58.8 Å². The van der Waals surface area contributed by atoms with Crippen molar-refractivity contribution < 1.29 is 9.53 Å². The monoisotopic (exact) mass is 525 g/mol. The number of hydrogen-bond donors (Lipinski definition) is 1. The highest BCUT2D eigenvalue weighted by molar-refractivity contribution is 8.00. The van der Waals surface area contributed by atoms with Crippen LogP contribution in [0, 0.1) is 0 Å². The summed E-state index contributed by atoms with van der Waals surface area (Å²) in [5, 5.41) is 8.82. The number of amides is 1. The number of rotatable bonds is 9. The number of carbonyl (C=O) groups excluding carboxylic acids is 1. The third kappa shape index (κ3) is 8.30. The fourth-order valence-corrected chi connectivity index (χ4v) is 5.59. The average Bonchev–Trinajstić information content (AvgIpc) is 3.40. The van der Waals surface area contributed by atoms with E-state index in [2.05, 4.69) is 69.7 Å². The third-order valence-corrected chi connectivity index (χ3v) is 7.67. The molecule has 192 valence electrons. The zero-order chi connectivity index (χ0) is 25.4. The number of aromatic nitrogens is 2. The van der Waals surface area contributed by atoms with Gasteiger partial charge in [0.1, 0.15) is 12.3 Å². The first-order valence-electron chi connectivity index (χ1n) is 12.3. The number of nitrogens with one attached hydrogen (secondary N) is 1. The molecule has 1 aromatic heterocycles. The molecule has 0 aliphatic carbocycles. The van der Waals surface area contributed by atoms with Gasteiger partial charge in [-0.3, -0.25) is 9.80 Å². The second-order valence-corrected chi connectivity index (χ2v) is 12.4. The number of thioether (sulfide) groups is 1. The Morgan fingerprint density at radius 1 is 1.06 bits per heavy atom. The van der Waals surface area contributed by atoms with Crippen molar-refractivity contribution in [1.29, 1.82) is 0 Å². The van der Waals surface area contributed by atoms with Gasteiger partial charge in [-0.15, -0.1) is 16.9 Å². The largest absolute Gasteiger partial charge is 0.448 e. The molecule has 7 nitrogen and oxygen atoms in total. The molecule has 36 heavy (non-hydrogen) atoms. The van der Waals surface area contributed by atoms with E-state index in [9.17, 15) is 4.79 Å². The van der Waals surface area contributed by atoms with Crippen molar-refractivity contribution in [2.24, 2.45) is 0 Å². The minimum absolute atomic E-state index is 0.200. The lowest BCUT2D eigenvalue weighted by molar-refractivity contribution is 0.0922. The van der Waals surface area contributed by atoms with Crippen molar-refractivity contribution in [3.05, 3.63) is 65.0 Å². The van der Waals surface area contributed by atoms with Crippen molar-refractivity contribution in [3.8, 4) is 11.3 Å². The highest BCUT2D eigenvalue weighted by atomic mass is 32.2. The summed E-state index contributed by atoms with van der Waals surface area (Å²) in [5.74, 6) is 0. The molecule has 1 aliphatic heterocycles. The van der Waals surface area contributed by atoms with Gasteiger partial charge in [-0.2, -0.15) is 0 Å². The van der Waals surface area contributed by atoms with Gasteiger partial charge in [-0.1, -0.05) is 67.7 Å². The van der Waals surface area contributed by atoms with Crippen LogP contribution >= 0.6 is 23.3 Å². The number of benzene rings is 2. The van der Waals surface area contributed by atoms with Gasteiger partial charge in [0, 0.05) is 66.4 Å². The molecule has 2 heterocycles. The first-order chi connectivity index (χ1) is 17.4. The van der Waals surface area contributed by atoms with Gasteiger partial charge < -0.3 is 10.1 Å². The predicted molar refractivity (Wildman–Crippen MR) is 147 cm³/mol. The van der Waals surface area contributed by atoms with Gasteiger partial charge in [-0.05, 0) is 28.7 Å². The van der Waals surface area contributed by atoms with Gasteiger partial charge in [0.25, 0.3) is 0 Å². The summed E-state index contributed by atoms with van der Waals surface area (Å²) in [6.07, 6.45) is -0.380. The Labute approximate surface area is 222 Å². The number of ether oxygens (including phenoxy) is 1. The molecule has 1 fully saturated rings. The molecule has 0 atom stereocenters. The maximum Gasteiger partial charge on any atom is 0.407 e. The molecule has 9 heteroatoms. The highest BCUT2D eigenvalue weighted by Crippen LogP contribution is 2.34. The van der Waals surface area contributed by atoms with Crippen LogP contribution in [-0.2, 0) is 17.8 Å². The van der Waals surface area contributed by atoms with Crippen LogP contribution in [0.4, 0.5) is 4.79 Å². The van der Waals surface area contributed by atoms with Crippen LogP contribution < -0.4 is 5.32 Å². The Kier molecular flexibility index (Phi) is 9.36. The molecular weight excluding hydrogens is 490 g/mol. The summed E-state index contributed by atoms with van der Waals surface area (Å²) in [5.41, 5.74) is 4.30. The van der Waals surface area contributed by atoms with Gasteiger partial charge in [-0.25, -0.2) is 4.79 Å². The number of nitrogens with zero attached hydrogens (tertiary/aromatic N) is 4. The number of carbonyl (C=O) groups is 1. The normalized spacial score (nSPS) is 15.1. The molecule has 0 unspecified atom stereocenters. The molecule has 1 aliphatic rings. The second kappa shape index (κ2) is 12.7. The van der Waals surface area contributed by atoms with Gasteiger partial charge in [0.2, 0.25) is 0 Å². The first-order valence-corrected chi connectivity index (χ1v) is 14.0. The summed E-state index contributed by atoms with van der Waals surface area (Å²) < 4.78 is 9.50. The van der Waals surface area contributed by atoms with Gasteiger partial charge in [0.05, 0.1) is 0 Å². The van der Waals surface area contributed by atoms with Crippen molar-refractivity contribution in [2.45, 2.75) is 43.5 Å². The van der Waals surface area contributed by atoms with Crippen LogP contribution in [0.3, 0.4) is 0 Å². The van der Waals surface area contributed by atoms with Crippen molar-refractivity contribution in [1.82, 2.24) is 24.7 Å². The highest BCUT2D eigenvalue weighted by Gasteiger charge is 2.20. The van der Waals surface area contributed by atoms with Crippen LogP contribution in [0.2, 0.25) is 0 Å². The molecule has 0 saturated carbocycles. The Bertz CT molecular complexity index is 1090. The molecule has 2 aromatic carbocycles. The fraction of sp³-hybridized carbons (Fsp3) is 0.444. The predicted octanol–water partition coefficient (Wildman–Crippen LogP) is 5.14. The Morgan fingerprint density at radius 2 is 1.78 bits per heavy atom. The fourth-order valence-electron chi connectivity index (χ4n) is 4.05. The van der Waals surface area contributed by atoms with E-state index < -0.39 is 0 Å². The Hall–Kier alpha value is -2.46. The third-order valence-electron chi connectivity index (χ3n) is 5.93. The van der Waals surface area contributed by atoms with E-state index in [0.29, 0.717) is 13.2 Å². The lowest BCUT2D eigenvalue weighted by Crippen LogP contribution is -2.47. The molecular formula is C27H35N5O2S2. The molecule has 1 amide bonds. The van der Waals surface area contributed by atoms with E-state index in [0.717, 1.165) is 56.1 Å². The number of hydrogen-bond acceptors (Lipinski definition) is 8. The molecule has 3 aromatic rings. The maximum absolute atomic E-state index is 12.1. The molecule has 4 rings (SSSR count). The van der Waals surface area contributed by atoms with Crippen LogP contribution in [-0.4, -0.2) is 69.6 Å². The summed E-state index contributed by atoms with van der Waals surface area (Å²) in [6.45, 7) is 13.4. The van der Waals surface area contributed by atoms with Crippen molar-refractivity contribution >= 4 is 29.4 Å². The first kappa shape index (κ1) is 26.6. The number of piperazine rings is 1. The minimum atomic E-state index is -0.380. The molecule has 0 spiro atoms. The van der Waals surface area contributed by atoms with Gasteiger partial charge in [0.15, 0.2) is 0 Å². The summed E-state index contributed by atoms with van der Waals surface area (Å²) in [4.78, 5) is 18.4. The number of alkyl carbamates (subject to hydrolysis) is 1. The van der Waals surface area contributed by atoms with E-state index in [-0.39, 0.29) is 10.8 Å². The zero-order valence-electron chi connectivity index (χ0n) is 21.3. The van der Waals surface area contributed by atoms with E-state index in [1.807, 2.05) is 41.4 Å². The van der Waals surface area contributed by atoms with E-state index >= 15 is 0 Å². The smallest absolute Gasteiger partial charge is 0.407 e. The van der Waals surface area contributed by atoms with Crippen molar-refractivity contribution in [3.63, 3.8) is 0 Å². The maximum atomic E-state index is 12.1. The lowest BCUT2D eigenvalue weighted by atomic mass is 10.1. The molecule has 0 bridgehead atoms. The quantitative estimate of drug-likeness (QED) is 0.388. The van der Waals surface area contributed by atoms with Crippen LogP contribution in [0.1, 0.15) is 31.9 Å². The topological polar surface area (TPSA) is 70.6 Å². The summed E-state index contributed by atoms with van der Waals surface area (Å²) >= 11 is 3.27. The lowest BCUT2D eigenvalue weighted by Gasteiger charge is -2.35. The van der Waals surface area contributed by atoms with Gasteiger partial charge >= 0.3 is 6.09 Å². The SMILES string of the molecule is CC(C)(C)Sc1ccccc1CN1CCN(CCOC(=O)NCc2ccc(-c3csnn3)cc2)CC1. The molecule has 1 saturated heterocycles. The Balaban J connectivity index is 1.12. The van der Waals surface area contributed by atoms with E-state index in [4.69, 9.17) is 4.74 Å². The second-order valence-electron chi connectivity index (χ2n) is 9.92. The van der Waals surface area contributed by atoms with Crippen LogP contribution in [0.5, 0.6) is 0 Å². The van der Waals surface area contributed by atoms with Crippen LogP contribution in [0.25, 0.3) is 11.3 Å². The summed E-state index contributed by atoms with van der Waals surface area (Å²) in [7, 11) is 0. The average molecular weight is 526 g/mol. The summed E-state index contributed by atoms with van der Waals surface area (Å²) in [6, 6.07) is 16.7. The Morgan fingerprint density at radius 3 is 2.47 bits per heavy atom. The van der Waals surface area contributed by atoms with E-state index in [1.165, 1.54) is 22.0 Å². The zero-order valence-corrected chi connectivity index (χ0v) is 22.9. The van der Waals surface area contributed by atoms with E-state index in [1.54, 1.807) is 0 Å².